The molecule has 0 aliphatic rings. The van der Waals surface area contributed by atoms with Gasteiger partial charge in [0, 0.05) is 25.2 Å². The van der Waals surface area contributed by atoms with Crippen molar-refractivity contribution in [2.75, 3.05) is 25.5 Å². The number of carbonyl (C=O) groups is 1. The highest BCUT2D eigenvalue weighted by molar-refractivity contribution is 5.94. The van der Waals surface area contributed by atoms with Crippen LogP contribution in [0, 0.1) is 11.7 Å². The molecule has 0 aromatic heterocycles. The first-order chi connectivity index (χ1) is 7.56. The summed E-state index contributed by atoms with van der Waals surface area (Å²) in [5.41, 5.74) is 0.703. The monoisotopic (exact) mass is 260 g/mol. The van der Waals surface area contributed by atoms with Gasteiger partial charge in [0.05, 0.1) is 0 Å². The molecule has 0 aliphatic carbocycles. The Morgan fingerprint density at radius 3 is 2.41 bits per heavy atom. The van der Waals surface area contributed by atoms with Crippen LogP contribution in [0.25, 0.3) is 0 Å². The third kappa shape index (κ3) is 4.32. The molecule has 1 unspecified atom stereocenters. The van der Waals surface area contributed by atoms with Crippen LogP contribution in [0.1, 0.15) is 6.92 Å². The summed E-state index contributed by atoms with van der Waals surface area (Å²) in [6.07, 6.45) is 0. The zero-order valence-corrected chi connectivity index (χ0v) is 11.1. The molecule has 1 amide bonds. The van der Waals surface area contributed by atoms with Crippen molar-refractivity contribution in [3.05, 3.63) is 30.1 Å². The van der Waals surface area contributed by atoms with E-state index in [0.29, 0.717) is 12.2 Å². The molecule has 0 saturated heterocycles. The number of amides is 1. The molecular weight excluding hydrogens is 243 g/mol. The molecule has 0 saturated carbocycles. The summed E-state index contributed by atoms with van der Waals surface area (Å²) in [6.45, 7) is 2.49. The van der Waals surface area contributed by atoms with Crippen LogP contribution in [0.15, 0.2) is 24.3 Å². The molecule has 0 fully saturated rings. The molecule has 1 aromatic rings. The summed E-state index contributed by atoms with van der Waals surface area (Å²) in [4.78, 5) is 13.5. The lowest BCUT2D eigenvalue weighted by atomic mass is 10.1. The summed E-state index contributed by atoms with van der Waals surface area (Å²) in [6, 6.07) is 5.89. The zero-order chi connectivity index (χ0) is 12.1. The zero-order valence-electron chi connectivity index (χ0n) is 10.2. The van der Waals surface area contributed by atoms with Crippen molar-refractivity contribution in [2.45, 2.75) is 6.92 Å². The second-order valence-electron chi connectivity index (χ2n) is 3.83. The first-order valence-electron chi connectivity index (χ1n) is 5.24. The van der Waals surface area contributed by atoms with Crippen LogP contribution in [0.5, 0.6) is 0 Å². The second-order valence-corrected chi connectivity index (χ2v) is 3.83. The molecule has 1 rings (SSSR count). The Labute approximate surface area is 107 Å². The molecule has 0 heterocycles. The lowest BCUT2D eigenvalue weighted by molar-refractivity contribution is -0.121. The number of carbonyl (C=O) groups excluding carboxylic acids is 1. The number of hydrogen-bond donors (Lipinski definition) is 1. The van der Waals surface area contributed by atoms with Crippen molar-refractivity contribution >= 4 is 24.0 Å². The van der Waals surface area contributed by atoms with E-state index in [2.05, 4.69) is 5.32 Å². The summed E-state index contributed by atoms with van der Waals surface area (Å²) < 4.78 is 12.7. The maximum Gasteiger partial charge on any atom is 0.230 e. The van der Waals surface area contributed by atoms with Crippen molar-refractivity contribution < 1.29 is 9.18 Å². The summed E-state index contributed by atoms with van der Waals surface area (Å²) in [5.74, 6) is -0.381. The number of benzene rings is 1. The molecule has 17 heavy (non-hydrogen) atoms. The van der Waals surface area contributed by atoms with E-state index in [1.807, 2.05) is 14.0 Å². The van der Waals surface area contributed by atoms with Gasteiger partial charge in [0.15, 0.2) is 0 Å². The molecule has 0 bridgehead atoms. The Morgan fingerprint density at radius 1 is 1.41 bits per heavy atom. The Morgan fingerprint density at radius 2 is 1.94 bits per heavy atom. The van der Waals surface area contributed by atoms with Crippen LogP contribution in [-0.4, -0.2) is 26.5 Å². The van der Waals surface area contributed by atoms with E-state index in [0.717, 1.165) is 0 Å². The van der Waals surface area contributed by atoms with Crippen molar-refractivity contribution in [1.82, 2.24) is 5.32 Å². The molecule has 5 heteroatoms. The van der Waals surface area contributed by atoms with E-state index < -0.39 is 0 Å². The van der Waals surface area contributed by atoms with Gasteiger partial charge in [-0.1, -0.05) is 6.92 Å². The van der Waals surface area contributed by atoms with Gasteiger partial charge < -0.3 is 10.2 Å². The minimum Gasteiger partial charge on any atom is -0.319 e. The normalized spacial score (nSPS) is 11.5. The van der Waals surface area contributed by atoms with E-state index >= 15 is 0 Å². The lowest BCUT2D eigenvalue weighted by Crippen LogP contribution is -2.35. The van der Waals surface area contributed by atoms with Gasteiger partial charge in [-0.25, -0.2) is 4.39 Å². The van der Waals surface area contributed by atoms with Crippen molar-refractivity contribution in [3.63, 3.8) is 0 Å². The average Bonchev–Trinajstić information content (AvgIpc) is 2.28. The predicted octanol–water partition coefficient (Wildman–Crippen LogP) is 2.07. The number of rotatable bonds is 4. The van der Waals surface area contributed by atoms with Crippen LogP contribution in [-0.2, 0) is 4.79 Å². The Balaban J connectivity index is 0.00000256. The summed E-state index contributed by atoms with van der Waals surface area (Å²) in [5, 5.41) is 2.96. The van der Waals surface area contributed by atoms with Gasteiger partial charge in [-0.3, -0.25) is 4.79 Å². The predicted molar refractivity (Wildman–Crippen MR) is 70.1 cm³/mol. The average molecular weight is 261 g/mol. The molecule has 1 N–H and O–H groups in total. The first kappa shape index (κ1) is 15.9. The first-order valence-corrected chi connectivity index (χ1v) is 5.24. The maximum atomic E-state index is 12.7. The van der Waals surface area contributed by atoms with E-state index in [4.69, 9.17) is 0 Å². The SMILES string of the molecule is CNCC(C)C(=O)N(C)c1ccc(F)cc1.Cl. The molecule has 0 radical (unpaired) electrons. The van der Waals surface area contributed by atoms with Crippen LogP contribution in [0.2, 0.25) is 0 Å². The lowest BCUT2D eigenvalue weighted by Gasteiger charge is -2.21. The van der Waals surface area contributed by atoms with Gasteiger partial charge in [0.1, 0.15) is 5.82 Å². The van der Waals surface area contributed by atoms with Crippen LogP contribution in [0.4, 0.5) is 10.1 Å². The van der Waals surface area contributed by atoms with Gasteiger partial charge in [0.25, 0.3) is 0 Å². The third-order valence-corrected chi connectivity index (χ3v) is 2.48. The molecule has 0 aliphatic heterocycles. The van der Waals surface area contributed by atoms with Crippen molar-refractivity contribution in [1.29, 1.82) is 0 Å². The number of hydrogen-bond acceptors (Lipinski definition) is 2. The molecule has 1 atom stereocenters. The van der Waals surface area contributed by atoms with Crippen LogP contribution >= 0.6 is 12.4 Å². The smallest absolute Gasteiger partial charge is 0.230 e. The van der Waals surface area contributed by atoms with Gasteiger partial charge in [0.2, 0.25) is 5.91 Å². The topological polar surface area (TPSA) is 32.3 Å². The van der Waals surface area contributed by atoms with Crippen LogP contribution in [0.3, 0.4) is 0 Å². The largest absolute Gasteiger partial charge is 0.319 e. The standard InChI is InChI=1S/C12H17FN2O.ClH/c1-9(8-14-2)12(16)15(3)11-6-4-10(13)5-7-11;/h4-7,9,14H,8H2,1-3H3;1H. The Kier molecular flexibility index (Phi) is 6.76. The number of nitrogens with one attached hydrogen (secondary N) is 1. The van der Waals surface area contributed by atoms with E-state index in [1.165, 1.54) is 12.1 Å². The Bertz CT molecular complexity index is 356. The number of halogens is 2. The fraction of sp³-hybridized carbons (Fsp3) is 0.417. The fourth-order valence-electron chi connectivity index (χ4n) is 1.52. The fourth-order valence-corrected chi connectivity index (χ4v) is 1.52. The number of anilines is 1. The highest BCUT2D eigenvalue weighted by Crippen LogP contribution is 2.15. The highest BCUT2D eigenvalue weighted by Gasteiger charge is 2.17. The van der Waals surface area contributed by atoms with E-state index in [-0.39, 0.29) is 30.0 Å². The third-order valence-electron chi connectivity index (χ3n) is 2.48. The quantitative estimate of drug-likeness (QED) is 0.899. The Hall–Kier alpha value is -1.13. The van der Waals surface area contributed by atoms with Crippen LogP contribution < -0.4 is 10.2 Å². The molecule has 1 aromatic carbocycles. The molecule has 3 nitrogen and oxygen atoms in total. The van der Waals surface area contributed by atoms with Crippen molar-refractivity contribution in [2.24, 2.45) is 5.92 Å². The maximum absolute atomic E-state index is 12.7. The minimum absolute atomic E-state index is 0. The minimum atomic E-state index is -0.298. The van der Waals surface area contributed by atoms with E-state index in [9.17, 15) is 9.18 Å². The number of nitrogens with zero attached hydrogens (tertiary/aromatic N) is 1. The molecular formula is C12H18ClFN2O. The second kappa shape index (κ2) is 7.25. The van der Waals surface area contributed by atoms with Gasteiger partial charge in [-0.2, -0.15) is 0 Å². The van der Waals surface area contributed by atoms with Gasteiger partial charge in [-0.05, 0) is 31.3 Å². The summed E-state index contributed by atoms with van der Waals surface area (Å²) in [7, 11) is 3.50. The van der Waals surface area contributed by atoms with E-state index in [1.54, 1.807) is 24.1 Å². The van der Waals surface area contributed by atoms with Crippen molar-refractivity contribution in [3.8, 4) is 0 Å². The van der Waals surface area contributed by atoms with Gasteiger partial charge >= 0.3 is 0 Å². The van der Waals surface area contributed by atoms with Gasteiger partial charge in [-0.15, -0.1) is 12.4 Å². The highest BCUT2D eigenvalue weighted by atomic mass is 35.5. The summed E-state index contributed by atoms with van der Waals surface area (Å²) >= 11 is 0. The molecule has 0 spiro atoms. The molecule has 96 valence electrons.